The third-order valence-electron chi connectivity index (χ3n) is 4.36. The predicted octanol–water partition coefficient (Wildman–Crippen LogP) is 0.0834. The van der Waals surface area contributed by atoms with Crippen LogP contribution in [0.15, 0.2) is 0 Å². The molecule has 0 unspecified atom stereocenters. The van der Waals surface area contributed by atoms with E-state index in [0.717, 1.165) is 45.4 Å². The number of piperidine rings is 1. The van der Waals surface area contributed by atoms with E-state index in [1.54, 1.807) is 7.11 Å². The smallest absolute Gasteiger partial charge is 0.224 e. The topological polar surface area (TPSA) is 61.9 Å². The quantitative estimate of drug-likeness (QED) is 0.723. The van der Waals surface area contributed by atoms with Crippen molar-refractivity contribution in [3.05, 3.63) is 0 Å². The predicted molar refractivity (Wildman–Crippen MR) is 79.9 cm³/mol. The number of ether oxygens (including phenoxy) is 1. The molecule has 0 aliphatic carbocycles. The molecule has 2 rings (SSSR count). The molecule has 2 aliphatic heterocycles. The van der Waals surface area contributed by atoms with Crippen molar-refractivity contribution < 1.29 is 14.3 Å². The highest BCUT2D eigenvalue weighted by molar-refractivity contribution is 5.79. The Kier molecular flexibility index (Phi) is 6.45. The lowest BCUT2D eigenvalue weighted by molar-refractivity contribution is -0.133. The van der Waals surface area contributed by atoms with Gasteiger partial charge in [-0.3, -0.25) is 9.59 Å². The third kappa shape index (κ3) is 4.97. The maximum atomic E-state index is 12.1. The van der Waals surface area contributed by atoms with Crippen LogP contribution in [0.1, 0.15) is 25.7 Å². The van der Waals surface area contributed by atoms with E-state index in [2.05, 4.69) is 10.2 Å². The molecule has 6 nitrogen and oxygen atoms in total. The van der Waals surface area contributed by atoms with Gasteiger partial charge in [0, 0.05) is 46.3 Å². The number of amides is 2. The lowest BCUT2D eigenvalue weighted by atomic mass is 10.1. The first-order valence-corrected chi connectivity index (χ1v) is 7.97. The molecule has 0 aromatic heterocycles. The third-order valence-corrected chi connectivity index (χ3v) is 4.36. The van der Waals surface area contributed by atoms with E-state index in [0.29, 0.717) is 26.1 Å². The van der Waals surface area contributed by atoms with Gasteiger partial charge in [-0.25, -0.2) is 0 Å². The Bertz CT molecular complexity index is 362. The van der Waals surface area contributed by atoms with Crippen molar-refractivity contribution in [3.8, 4) is 0 Å². The van der Waals surface area contributed by atoms with Crippen molar-refractivity contribution in [1.29, 1.82) is 0 Å². The summed E-state index contributed by atoms with van der Waals surface area (Å²) in [5.74, 6) is 0.431. The van der Waals surface area contributed by atoms with Crippen molar-refractivity contribution in [3.63, 3.8) is 0 Å². The van der Waals surface area contributed by atoms with Crippen molar-refractivity contribution in [2.45, 2.75) is 25.7 Å². The summed E-state index contributed by atoms with van der Waals surface area (Å²) in [4.78, 5) is 27.9. The van der Waals surface area contributed by atoms with Gasteiger partial charge in [0.25, 0.3) is 0 Å². The Labute approximate surface area is 126 Å². The van der Waals surface area contributed by atoms with Crippen LogP contribution in [-0.4, -0.2) is 74.6 Å². The maximum absolute atomic E-state index is 12.1. The van der Waals surface area contributed by atoms with Crippen LogP contribution in [0.4, 0.5) is 0 Å². The summed E-state index contributed by atoms with van der Waals surface area (Å²) in [6.07, 6.45) is 3.65. The van der Waals surface area contributed by atoms with E-state index < -0.39 is 0 Å². The van der Waals surface area contributed by atoms with E-state index in [9.17, 15) is 9.59 Å². The highest BCUT2D eigenvalue weighted by atomic mass is 16.5. The first-order valence-electron chi connectivity index (χ1n) is 7.97. The molecule has 0 radical (unpaired) electrons. The van der Waals surface area contributed by atoms with Crippen LogP contribution in [0, 0.1) is 5.92 Å². The number of nitrogens with zero attached hydrogens (tertiary/aromatic N) is 2. The fourth-order valence-corrected chi connectivity index (χ4v) is 3.03. The van der Waals surface area contributed by atoms with Gasteiger partial charge in [-0.1, -0.05) is 0 Å². The van der Waals surface area contributed by atoms with Crippen LogP contribution in [0.25, 0.3) is 0 Å². The zero-order valence-corrected chi connectivity index (χ0v) is 13.0. The lowest BCUT2D eigenvalue weighted by Crippen LogP contribution is -2.42. The molecule has 120 valence electrons. The number of likely N-dealkylation sites (tertiary alicyclic amines) is 2. The highest BCUT2D eigenvalue weighted by Gasteiger charge is 2.27. The van der Waals surface area contributed by atoms with Gasteiger partial charge in [0.1, 0.15) is 0 Å². The maximum Gasteiger partial charge on any atom is 0.224 e. The first kappa shape index (κ1) is 16.2. The zero-order valence-electron chi connectivity index (χ0n) is 13.0. The summed E-state index contributed by atoms with van der Waals surface area (Å²) in [6, 6.07) is 0. The monoisotopic (exact) mass is 297 g/mol. The molecule has 2 aliphatic rings. The number of rotatable bonds is 7. The summed E-state index contributed by atoms with van der Waals surface area (Å²) in [7, 11) is 1.70. The van der Waals surface area contributed by atoms with Crippen LogP contribution in [-0.2, 0) is 14.3 Å². The summed E-state index contributed by atoms with van der Waals surface area (Å²) in [6.45, 7) is 5.44. The molecular weight excluding hydrogens is 270 g/mol. The summed E-state index contributed by atoms with van der Waals surface area (Å²) in [5.41, 5.74) is 0. The van der Waals surface area contributed by atoms with E-state index >= 15 is 0 Å². The second kappa shape index (κ2) is 8.34. The molecular formula is C15H27N3O3. The van der Waals surface area contributed by atoms with Crippen LogP contribution in [0.2, 0.25) is 0 Å². The van der Waals surface area contributed by atoms with Crippen LogP contribution in [0.5, 0.6) is 0 Å². The normalized spacial score (nSPS) is 23.6. The van der Waals surface area contributed by atoms with E-state index in [-0.39, 0.29) is 17.7 Å². The Morgan fingerprint density at radius 1 is 1.33 bits per heavy atom. The summed E-state index contributed by atoms with van der Waals surface area (Å²) < 4.78 is 5.06. The SMILES string of the molecule is COCCN1CC[C@H](C(=O)NCCN2CCCCC2=O)C1. The Hall–Kier alpha value is -1.14. The number of nitrogens with one attached hydrogen (secondary N) is 1. The van der Waals surface area contributed by atoms with Crippen molar-refractivity contribution in [2.75, 3.05) is 53.0 Å². The molecule has 0 aromatic rings. The van der Waals surface area contributed by atoms with Gasteiger partial charge in [0.05, 0.1) is 12.5 Å². The number of methoxy groups -OCH3 is 1. The van der Waals surface area contributed by atoms with E-state index in [4.69, 9.17) is 4.74 Å². The second-order valence-electron chi connectivity index (χ2n) is 5.91. The van der Waals surface area contributed by atoms with Crippen molar-refractivity contribution in [1.82, 2.24) is 15.1 Å². The Balaban J connectivity index is 1.62. The fraction of sp³-hybridized carbons (Fsp3) is 0.867. The average molecular weight is 297 g/mol. The molecule has 0 spiro atoms. The molecule has 21 heavy (non-hydrogen) atoms. The van der Waals surface area contributed by atoms with Gasteiger partial charge >= 0.3 is 0 Å². The van der Waals surface area contributed by atoms with Gasteiger partial charge in [0.15, 0.2) is 0 Å². The standard InChI is InChI=1S/C15H27N3O3/c1-21-11-10-17-8-5-13(12-17)15(20)16-6-9-18-7-3-2-4-14(18)19/h13H,2-12H2,1H3,(H,16,20)/t13-/m0/s1. The minimum atomic E-state index is 0.0823. The first-order chi connectivity index (χ1) is 10.2. The molecule has 0 bridgehead atoms. The minimum absolute atomic E-state index is 0.0823. The van der Waals surface area contributed by atoms with Gasteiger partial charge in [-0.2, -0.15) is 0 Å². The molecule has 2 saturated heterocycles. The average Bonchev–Trinajstić information content (AvgIpc) is 2.96. The molecule has 0 aromatic carbocycles. The minimum Gasteiger partial charge on any atom is -0.383 e. The second-order valence-corrected chi connectivity index (χ2v) is 5.91. The molecule has 2 amide bonds. The molecule has 0 saturated carbocycles. The van der Waals surface area contributed by atoms with Gasteiger partial charge in [-0.05, 0) is 25.8 Å². The number of carbonyl (C=O) groups excluding carboxylic acids is 2. The summed E-state index contributed by atoms with van der Waals surface area (Å²) in [5, 5.41) is 2.98. The largest absolute Gasteiger partial charge is 0.383 e. The Morgan fingerprint density at radius 3 is 2.95 bits per heavy atom. The lowest BCUT2D eigenvalue weighted by Gasteiger charge is -2.26. The van der Waals surface area contributed by atoms with Crippen LogP contribution < -0.4 is 5.32 Å². The van der Waals surface area contributed by atoms with Crippen molar-refractivity contribution >= 4 is 11.8 Å². The zero-order chi connectivity index (χ0) is 15.1. The molecule has 2 fully saturated rings. The molecule has 1 atom stereocenters. The summed E-state index contributed by atoms with van der Waals surface area (Å²) >= 11 is 0. The number of carbonyl (C=O) groups is 2. The van der Waals surface area contributed by atoms with Gasteiger partial charge < -0.3 is 19.9 Å². The highest BCUT2D eigenvalue weighted by Crippen LogP contribution is 2.16. The number of hydrogen-bond acceptors (Lipinski definition) is 4. The number of hydrogen-bond donors (Lipinski definition) is 1. The van der Waals surface area contributed by atoms with Crippen molar-refractivity contribution in [2.24, 2.45) is 5.92 Å². The molecule has 2 heterocycles. The van der Waals surface area contributed by atoms with Crippen LogP contribution >= 0.6 is 0 Å². The van der Waals surface area contributed by atoms with Gasteiger partial charge in [-0.15, -0.1) is 0 Å². The van der Waals surface area contributed by atoms with Gasteiger partial charge in [0.2, 0.25) is 11.8 Å². The van der Waals surface area contributed by atoms with E-state index in [1.165, 1.54) is 0 Å². The van der Waals surface area contributed by atoms with Crippen LogP contribution in [0.3, 0.4) is 0 Å². The molecule has 1 N–H and O–H groups in total. The Morgan fingerprint density at radius 2 is 2.19 bits per heavy atom. The fourth-order valence-electron chi connectivity index (χ4n) is 3.03. The van der Waals surface area contributed by atoms with E-state index in [1.807, 2.05) is 4.90 Å². The molecule has 6 heteroatoms.